The Morgan fingerprint density at radius 2 is 2.43 bits per heavy atom. The van der Waals surface area contributed by atoms with Gasteiger partial charge in [-0.3, -0.25) is 9.78 Å². The zero-order chi connectivity index (χ0) is 9.97. The number of nitrogens with zero attached hydrogens (tertiary/aromatic N) is 3. The van der Waals surface area contributed by atoms with Crippen LogP contribution in [0.15, 0.2) is 29.5 Å². The smallest absolute Gasteiger partial charge is 0.275 e. The van der Waals surface area contributed by atoms with Crippen molar-refractivity contribution in [1.82, 2.24) is 19.7 Å². The molecule has 6 heteroatoms. The van der Waals surface area contributed by atoms with Crippen LogP contribution in [0.1, 0.15) is 0 Å². The molecule has 2 N–H and O–H groups in total. The van der Waals surface area contributed by atoms with Gasteiger partial charge in [0.25, 0.3) is 5.56 Å². The van der Waals surface area contributed by atoms with Crippen LogP contribution in [0, 0.1) is 0 Å². The van der Waals surface area contributed by atoms with E-state index in [1.165, 1.54) is 10.9 Å². The van der Waals surface area contributed by atoms with E-state index in [2.05, 4.69) is 20.4 Å². The first-order valence-electron chi connectivity index (χ1n) is 4.08. The van der Waals surface area contributed by atoms with Gasteiger partial charge in [-0.15, -0.1) is 0 Å². The fourth-order valence-corrected chi connectivity index (χ4v) is 1.07. The molecule has 0 amide bonds. The van der Waals surface area contributed by atoms with Crippen molar-refractivity contribution in [3.63, 3.8) is 0 Å². The lowest BCUT2D eigenvalue weighted by molar-refractivity contribution is 0.802. The topological polar surface area (TPSA) is 75.6 Å². The standard InChI is InChI=1S/C8H9N5O/c1-9-6-5-10-8(12-7(6)14)13-4-2-3-11-13/h2-5,9H,1H3,(H,10,12,14). The van der Waals surface area contributed by atoms with E-state index >= 15 is 0 Å². The lowest BCUT2D eigenvalue weighted by Crippen LogP contribution is -2.16. The second-order valence-electron chi connectivity index (χ2n) is 2.65. The van der Waals surface area contributed by atoms with Crippen molar-refractivity contribution >= 4 is 5.69 Å². The summed E-state index contributed by atoms with van der Waals surface area (Å²) in [5.74, 6) is 0.402. The van der Waals surface area contributed by atoms with Crippen LogP contribution in [0.25, 0.3) is 5.95 Å². The van der Waals surface area contributed by atoms with Crippen LogP contribution in [-0.2, 0) is 0 Å². The molecule has 0 aliphatic heterocycles. The molecule has 0 radical (unpaired) electrons. The summed E-state index contributed by atoms with van der Waals surface area (Å²) in [6, 6.07) is 1.76. The molecule has 14 heavy (non-hydrogen) atoms. The van der Waals surface area contributed by atoms with Crippen molar-refractivity contribution in [3.05, 3.63) is 35.0 Å². The summed E-state index contributed by atoms with van der Waals surface area (Å²) in [5, 5.41) is 6.68. The molecule has 0 aliphatic carbocycles. The van der Waals surface area contributed by atoms with Crippen LogP contribution in [0.3, 0.4) is 0 Å². The Morgan fingerprint density at radius 1 is 1.57 bits per heavy atom. The molecule has 0 atom stereocenters. The Labute approximate surface area is 79.6 Å². The number of aromatic nitrogens is 4. The highest BCUT2D eigenvalue weighted by atomic mass is 16.1. The highest BCUT2D eigenvalue weighted by molar-refractivity contribution is 5.37. The Balaban J connectivity index is 2.48. The average molecular weight is 191 g/mol. The van der Waals surface area contributed by atoms with Crippen LogP contribution >= 0.6 is 0 Å². The average Bonchev–Trinajstić information content (AvgIpc) is 2.70. The molecule has 72 valence electrons. The molecule has 0 fully saturated rings. The molecule has 2 rings (SSSR count). The van der Waals surface area contributed by atoms with Crippen LogP contribution < -0.4 is 10.9 Å². The van der Waals surface area contributed by atoms with E-state index in [4.69, 9.17) is 0 Å². The van der Waals surface area contributed by atoms with Gasteiger partial charge in [0.1, 0.15) is 5.69 Å². The fraction of sp³-hybridized carbons (Fsp3) is 0.125. The minimum atomic E-state index is -0.215. The quantitative estimate of drug-likeness (QED) is 0.700. The predicted molar refractivity (Wildman–Crippen MR) is 51.5 cm³/mol. The second kappa shape index (κ2) is 3.33. The maximum absolute atomic E-state index is 11.4. The van der Waals surface area contributed by atoms with Gasteiger partial charge in [-0.1, -0.05) is 0 Å². The molecule has 0 bridgehead atoms. The molecule has 2 aromatic heterocycles. The second-order valence-corrected chi connectivity index (χ2v) is 2.65. The van der Waals surface area contributed by atoms with Crippen molar-refractivity contribution in [2.24, 2.45) is 0 Å². The van der Waals surface area contributed by atoms with Crippen molar-refractivity contribution in [2.75, 3.05) is 12.4 Å². The Hall–Kier alpha value is -2.11. The first-order chi connectivity index (χ1) is 6.81. The predicted octanol–water partition coefficient (Wildman–Crippen LogP) is -0.00270. The lowest BCUT2D eigenvalue weighted by Gasteiger charge is -2.01. The third-order valence-electron chi connectivity index (χ3n) is 1.78. The molecule has 6 nitrogen and oxygen atoms in total. The molecule has 2 heterocycles. The van der Waals surface area contributed by atoms with Gasteiger partial charge in [-0.25, -0.2) is 9.67 Å². The van der Waals surface area contributed by atoms with Gasteiger partial charge >= 0.3 is 0 Å². The van der Waals surface area contributed by atoms with Crippen LogP contribution in [0.2, 0.25) is 0 Å². The van der Waals surface area contributed by atoms with Gasteiger partial charge in [0.05, 0.1) is 6.20 Å². The van der Waals surface area contributed by atoms with E-state index in [9.17, 15) is 4.79 Å². The SMILES string of the molecule is CNc1cnc(-n2cccn2)[nH]c1=O. The van der Waals surface area contributed by atoms with E-state index in [-0.39, 0.29) is 5.56 Å². The van der Waals surface area contributed by atoms with Gasteiger partial charge in [0.15, 0.2) is 0 Å². The maximum atomic E-state index is 11.4. The van der Waals surface area contributed by atoms with E-state index in [0.29, 0.717) is 11.6 Å². The molecule has 0 aromatic carbocycles. The normalized spacial score (nSPS) is 10.1. The van der Waals surface area contributed by atoms with E-state index in [1.807, 2.05) is 0 Å². The van der Waals surface area contributed by atoms with Crippen molar-refractivity contribution in [1.29, 1.82) is 0 Å². The van der Waals surface area contributed by atoms with Gasteiger partial charge in [-0.2, -0.15) is 5.10 Å². The molecule has 2 aromatic rings. The van der Waals surface area contributed by atoms with Gasteiger partial charge in [0.2, 0.25) is 5.95 Å². The number of hydrogen-bond acceptors (Lipinski definition) is 4. The summed E-state index contributed by atoms with van der Waals surface area (Å²) in [7, 11) is 1.67. The maximum Gasteiger partial charge on any atom is 0.275 e. The van der Waals surface area contributed by atoms with Gasteiger partial charge < -0.3 is 5.32 Å². The first kappa shape index (κ1) is 8.49. The van der Waals surface area contributed by atoms with Crippen LogP contribution in [-0.4, -0.2) is 26.8 Å². The van der Waals surface area contributed by atoms with Crippen molar-refractivity contribution in [3.8, 4) is 5.95 Å². The highest BCUT2D eigenvalue weighted by Gasteiger charge is 2.01. The minimum absolute atomic E-state index is 0.215. The summed E-state index contributed by atoms with van der Waals surface area (Å²) in [5.41, 5.74) is 0.217. The summed E-state index contributed by atoms with van der Waals surface area (Å²) in [4.78, 5) is 18.0. The molecular weight excluding hydrogens is 182 g/mol. The summed E-state index contributed by atoms with van der Waals surface area (Å²) in [6.07, 6.45) is 4.79. The zero-order valence-corrected chi connectivity index (χ0v) is 7.56. The molecular formula is C8H9N5O. The van der Waals surface area contributed by atoms with E-state index in [0.717, 1.165) is 0 Å². The van der Waals surface area contributed by atoms with Crippen molar-refractivity contribution in [2.45, 2.75) is 0 Å². The highest BCUT2D eigenvalue weighted by Crippen LogP contribution is 1.98. The summed E-state index contributed by atoms with van der Waals surface area (Å²) < 4.78 is 1.49. The largest absolute Gasteiger partial charge is 0.382 e. The third-order valence-corrected chi connectivity index (χ3v) is 1.78. The molecule has 0 saturated heterocycles. The monoisotopic (exact) mass is 191 g/mol. The summed E-state index contributed by atoms with van der Waals surface area (Å²) in [6.45, 7) is 0. The number of H-pyrrole nitrogens is 1. The first-order valence-corrected chi connectivity index (χ1v) is 4.08. The lowest BCUT2D eigenvalue weighted by atomic mass is 10.5. The summed E-state index contributed by atoms with van der Waals surface area (Å²) >= 11 is 0. The zero-order valence-electron chi connectivity index (χ0n) is 7.56. The third kappa shape index (κ3) is 1.37. The molecule has 0 unspecified atom stereocenters. The van der Waals surface area contributed by atoms with Crippen LogP contribution in [0.5, 0.6) is 0 Å². The number of anilines is 1. The van der Waals surface area contributed by atoms with Crippen molar-refractivity contribution < 1.29 is 0 Å². The Kier molecular flexibility index (Phi) is 2.02. The van der Waals surface area contributed by atoms with Crippen LogP contribution in [0.4, 0.5) is 5.69 Å². The minimum Gasteiger partial charge on any atom is -0.382 e. The molecule has 0 saturated carbocycles. The Morgan fingerprint density at radius 3 is 3.00 bits per heavy atom. The number of aromatic amines is 1. The Bertz CT molecular complexity index is 473. The fourth-order valence-electron chi connectivity index (χ4n) is 1.07. The number of nitrogens with one attached hydrogen (secondary N) is 2. The molecule has 0 spiro atoms. The van der Waals surface area contributed by atoms with Gasteiger partial charge in [0, 0.05) is 19.4 Å². The van der Waals surface area contributed by atoms with E-state index < -0.39 is 0 Å². The van der Waals surface area contributed by atoms with E-state index in [1.54, 1.807) is 25.5 Å². The number of hydrogen-bond donors (Lipinski definition) is 2. The molecule has 0 aliphatic rings. The van der Waals surface area contributed by atoms with Gasteiger partial charge in [-0.05, 0) is 6.07 Å². The number of rotatable bonds is 2.